The molecule has 0 radical (unpaired) electrons. The number of halogens is 1. The third-order valence-corrected chi connectivity index (χ3v) is 1.26. The first kappa shape index (κ1) is 10.5. The summed E-state index contributed by atoms with van der Waals surface area (Å²) in [5.74, 6) is 0.994. The average molecular weight is 176 g/mol. The number of nitrogens with one attached hydrogen (secondary N) is 1. The molecule has 0 saturated carbocycles. The second kappa shape index (κ2) is 5.22. The van der Waals surface area contributed by atoms with E-state index in [1.54, 1.807) is 6.26 Å². The zero-order chi connectivity index (χ0) is 7.40. The molecule has 1 N–H and O–H groups in total. The normalized spacial score (nSPS) is 9.73. The number of hydrogen-bond donors (Lipinski definition) is 1. The van der Waals surface area contributed by atoms with Crippen molar-refractivity contribution in [3.63, 3.8) is 0 Å². The lowest BCUT2D eigenvalue weighted by atomic mass is 10.3. The van der Waals surface area contributed by atoms with Crippen LogP contribution in [0.2, 0.25) is 0 Å². The van der Waals surface area contributed by atoms with Crippen molar-refractivity contribution in [2.24, 2.45) is 0 Å². The van der Waals surface area contributed by atoms with Crippen LogP contribution in [0.15, 0.2) is 22.8 Å². The Bertz CT molecular complexity index is 172. The van der Waals surface area contributed by atoms with Gasteiger partial charge in [0, 0.05) is 6.04 Å². The highest BCUT2D eigenvalue weighted by Gasteiger charge is 1.95. The van der Waals surface area contributed by atoms with E-state index in [0.717, 1.165) is 12.3 Å². The minimum absolute atomic E-state index is 0. The molecule has 0 aliphatic carbocycles. The van der Waals surface area contributed by atoms with E-state index in [4.69, 9.17) is 4.42 Å². The molecule has 0 atom stereocenters. The predicted octanol–water partition coefficient (Wildman–Crippen LogP) is 2.20. The lowest BCUT2D eigenvalue weighted by Gasteiger charge is -2.04. The van der Waals surface area contributed by atoms with Crippen LogP contribution < -0.4 is 5.32 Å². The first-order valence-corrected chi connectivity index (χ1v) is 3.55. The molecule has 0 fully saturated rings. The Hall–Kier alpha value is -0.470. The van der Waals surface area contributed by atoms with Crippen molar-refractivity contribution in [2.75, 3.05) is 0 Å². The quantitative estimate of drug-likeness (QED) is 0.762. The van der Waals surface area contributed by atoms with Crippen LogP contribution in [0.1, 0.15) is 19.6 Å². The molecular formula is C8H14ClNO. The van der Waals surface area contributed by atoms with E-state index in [1.807, 2.05) is 12.1 Å². The molecule has 2 nitrogen and oxygen atoms in total. The Morgan fingerprint density at radius 3 is 2.73 bits per heavy atom. The fourth-order valence-electron chi connectivity index (χ4n) is 0.718. The van der Waals surface area contributed by atoms with E-state index in [1.165, 1.54) is 0 Å². The maximum Gasteiger partial charge on any atom is 0.117 e. The molecule has 0 unspecified atom stereocenters. The lowest BCUT2D eigenvalue weighted by Crippen LogP contribution is -2.21. The fourth-order valence-corrected chi connectivity index (χ4v) is 0.718. The summed E-state index contributed by atoms with van der Waals surface area (Å²) in [4.78, 5) is 0. The van der Waals surface area contributed by atoms with Gasteiger partial charge in [0.1, 0.15) is 5.76 Å². The molecule has 0 saturated heterocycles. The summed E-state index contributed by atoms with van der Waals surface area (Å²) in [5.41, 5.74) is 0. The Morgan fingerprint density at radius 1 is 1.55 bits per heavy atom. The molecule has 1 rings (SSSR count). The van der Waals surface area contributed by atoms with Crippen molar-refractivity contribution < 1.29 is 4.42 Å². The number of furan rings is 1. The smallest absolute Gasteiger partial charge is 0.117 e. The van der Waals surface area contributed by atoms with Crippen LogP contribution in [0.25, 0.3) is 0 Å². The lowest BCUT2D eigenvalue weighted by molar-refractivity contribution is 0.465. The van der Waals surface area contributed by atoms with Gasteiger partial charge in [-0.3, -0.25) is 0 Å². The van der Waals surface area contributed by atoms with Crippen LogP contribution >= 0.6 is 12.4 Å². The van der Waals surface area contributed by atoms with Crippen molar-refractivity contribution in [1.82, 2.24) is 5.32 Å². The van der Waals surface area contributed by atoms with Crippen molar-refractivity contribution in [2.45, 2.75) is 26.4 Å². The number of hydrogen-bond acceptors (Lipinski definition) is 2. The highest BCUT2D eigenvalue weighted by Crippen LogP contribution is 1.98. The van der Waals surface area contributed by atoms with Gasteiger partial charge in [-0.2, -0.15) is 0 Å². The second-order valence-corrected chi connectivity index (χ2v) is 2.61. The summed E-state index contributed by atoms with van der Waals surface area (Å²) in [5, 5.41) is 3.25. The van der Waals surface area contributed by atoms with Gasteiger partial charge in [0.15, 0.2) is 0 Å². The number of rotatable bonds is 3. The monoisotopic (exact) mass is 175 g/mol. The summed E-state index contributed by atoms with van der Waals surface area (Å²) in [6.07, 6.45) is 1.69. The SMILES string of the molecule is CC(C)NCc1ccco1.Cl. The fraction of sp³-hybridized carbons (Fsp3) is 0.500. The molecule has 11 heavy (non-hydrogen) atoms. The van der Waals surface area contributed by atoms with Gasteiger partial charge in [-0.15, -0.1) is 12.4 Å². The molecule has 1 aromatic rings. The topological polar surface area (TPSA) is 25.2 Å². The van der Waals surface area contributed by atoms with Crippen molar-refractivity contribution in [3.8, 4) is 0 Å². The summed E-state index contributed by atoms with van der Waals surface area (Å²) in [7, 11) is 0. The van der Waals surface area contributed by atoms with Gasteiger partial charge in [-0.25, -0.2) is 0 Å². The first-order chi connectivity index (χ1) is 4.79. The molecule has 0 aliphatic heterocycles. The van der Waals surface area contributed by atoms with Crippen LogP contribution in [-0.4, -0.2) is 6.04 Å². The summed E-state index contributed by atoms with van der Waals surface area (Å²) < 4.78 is 5.12. The van der Waals surface area contributed by atoms with E-state index < -0.39 is 0 Å². The van der Waals surface area contributed by atoms with Gasteiger partial charge in [0.25, 0.3) is 0 Å². The van der Waals surface area contributed by atoms with Crippen LogP contribution in [-0.2, 0) is 6.54 Å². The third-order valence-electron chi connectivity index (χ3n) is 1.26. The molecule has 1 aromatic heterocycles. The Labute approximate surface area is 73.4 Å². The molecule has 0 spiro atoms. The molecular weight excluding hydrogens is 162 g/mol. The summed E-state index contributed by atoms with van der Waals surface area (Å²) in [6.45, 7) is 5.05. The van der Waals surface area contributed by atoms with E-state index in [9.17, 15) is 0 Å². The molecule has 64 valence electrons. The molecule has 0 bridgehead atoms. The van der Waals surface area contributed by atoms with Gasteiger partial charge >= 0.3 is 0 Å². The van der Waals surface area contributed by atoms with E-state index >= 15 is 0 Å². The van der Waals surface area contributed by atoms with Gasteiger partial charge in [0.05, 0.1) is 12.8 Å². The molecule has 0 aromatic carbocycles. The van der Waals surface area contributed by atoms with Crippen molar-refractivity contribution >= 4 is 12.4 Å². The van der Waals surface area contributed by atoms with Crippen LogP contribution in [0.3, 0.4) is 0 Å². The maximum absolute atomic E-state index is 5.12. The van der Waals surface area contributed by atoms with Crippen LogP contribution in [0.4, 0.5) is 0 Å². The van der Waals surface area contributed by atoms with Crippen LogP contribution in [0, 0.1) is 0 Å². The largest absolute Gasteiger partial charge is 0.468 e. The first-order valence-electron chi connectivity index (χ1n) is 3.55. The van der Waals surface area contributed by atoms with Gasteiger partial charge in [-0.05, 0) is 12.1 Å². The van der Waals surface area contributed by atoms with Gasteiger partial charge in [-0.1, -0.05) is 13.8 Å². The standard InChI is InChI=1S/C8H13NO.ClH/c1-7(2)9-6-8-4-3-5-10-8;/h3-5,7,9H,6H2,1-2H3;1H. The van der Waals surface area contributed by atoms with Crippen molar-refractivity contribution in [3.05, 3.63) is 24.2 Å². The summed E-state index contributed by atoms with van der Waals surface area (Å²) >= 11 is 0. The predicted molar refractivity (Wildman–Crippen MR) is 47.9 cm³/mol. The van der Waals surface area contributed by atoms with E-state index in [2.05, 4.69) is 19.2 Å². The Balaban J connectivity index is 0.000001000. The minimum Gasteiger partial charge on any atom is -0.468 e. The molecule has 0 amide bonds. The highest BCUT2D eigenvalue weighted by atomic mass is 35.5. The molecule has 3 heteroatoms. The Kier molecular flexibility index (Phi) is 4.99. The molecule has 1 heterocycles. The minimum atomic E-state index is 0. The second-order valence-electron chi connectivity index (χ2n) is 2.61. The summed E-state index contributed by atoms with van der Waals surface area (Å²) in [6, 6.07) is 4.39. The third kappa shape index (κ3) is 4.06. The zero-order valence-electron chi connectivity index (χ0n) is 6.83. The maximum atomic E-state index is 5.12. The van der Waals surface area contributed by atoms with Crippen LogP contribution in [0.5, 0.6) is 0 Å². The van der Waals surface area contributed by atoms with E-state index in [0.29, 0.717) is 6.04 Å². The van der Waals surface area contributed by atoms with E-state index in [-0.39, 0.29) is 12.4 Å². The van der Waals surface area contributed by atoms with Gasteiger partial charge in [0.2, 0.25) is 0 Å². The Morgan fingerprint density at radius 2 is 2.27 bits per heavy atom. The average Bonchev–Trinajstić information content (AvgIpc) is 2.34. The molecule has 0 aliphatic rings. The zero-order valence-corrected chi connectivity index (χ0v) is 7.65. The van der Waals surface area contributed by atoms with Crippen molar-refractivity contribution in [1.29, 1.82) is 0 Å². The van der Waals surface area contributed by atoms with Gasteiger partial charge < -0.3 is 9.73 Å². The highest BCUT2D eigenvalue weighted by molar-refractivity contribution is 5.85.